The molecular formula is C11H13N3O4. The fourth-order valence-electron chi connectivity index (χ4n) is 1.48. The number of rotatable bonds is 3. The summed E-state index contributed by atoms with van der Waals surface area (Å²) in [6.45, 7) is -0.0933. The van der Waals surface area contributed by atoms with Gasteiger partial charge in [-0.2, -0.15) is 0 Å². The predicted octanol–water partition coefficient (Wildman–Crippen LogP) is -1.07. The first-order valence-electron chi connectivity index (χ1n) is 5.36. The lowest BCUT2D eigenvalue weighted by atomic mass is 10.2. The maximum Gasteiger partial charge on any atom is 0.265 e. The van der Waals surface area contributed by atoms with Crippen molar-refractivity contribution in [2.75, 3.05) is 13.2 Å². The Morgan fingerprint density at radius 2 is 2.06 bits per heavy atom. The molecule has 0 spiro atoms. The van der Waals surface area contributed by atoms with E-state index in [2.05, 4.69) is 5.32 Å². The van der Waals surface area contributed by atoms with E-state index in [0.29, 0.717) is 11.5 Å². The molecule has 0 fully saturated rings. The summed E-state index contributed by atoms with van der Waals surface area (Å²) in [6, 6.07) is 7.06. The van der Waals surface area contributed by atoms with E-state index in [4.69, 9.17) is 15.3 Å². The van der Waals surface area contributed by atoms with Gasteiger partial charge in [-0.15, -0.1) is 0 Å². The molecule has 1 atom stereocenters. The SMILES string of the molecule is NNC(=O)CNC(=O)C1COc2ccccc2O1. The molecule has 0 radical (unpaired) electrons. The van der Waals surface area contributed by atoms with E-state index in [-0.39, 0.29) is 13.2 Å². The molecule has 7 heteroatoms. The van der Waals surface area contributed by atoms with Crippen LogP contribution in [0, 0.1) is 0 Å². The van der Waals surface area contributed by atoms with E-state index < -0.39 is 17.9 Å². The Kier molecular flexibility index (Phi) is 3.63. The summed E-state index contributed by atoms with van der Waals surface area (Å²) in [5.41, 5.74) is 1.91. The molecule has 7 nitrogen and oxygen atoms in total. The van der Waals surface area contributed by atoms with Gasteiger partial charge in [0.05, 0.1) is 6.54 Å². The first-order chi connectivity index (χ1) is 8.70. The molecule has 2 amide bonds. The number of hydrogen-bond acceptors (Lipinski definition) is 5. The Balaban J connectivity index is 1.92. The van der Waals surface area contributed by atoms with E-state index >= 15 is 0 Å². The summed E-state index contributed by atoms with van der Waals surface area (Å²) < 4.78 is 10.8. The number of hydrogen-bond donors (Lipinski definition) is 3. The summed E-state index contributed by atoms with van der Waals surface area (Å²) in [4.78, 5) is 22.6. The van der Waals surface area contributed by atoms with Crippen molar-refractivity contribution in [3.63, 3.8) is 0 Å². The fourth-order valence-corrected chi connectivity index (χ4v) is 1.48. The van der Waals surface area contributed by atoms with Gasteiger partial charge in [0.1, 0.15) is 6.61 Å². The number of ether oxygens (including phenoxy) is 2. The molecule has 18 heavy (non-hydrogen) atoms. The van der Waals surface area contributed by atoms with Gasteiger partial charge in [0, 0.05) is 0 Å². The van der Waals surface area contributed by atoms with Crippen molar-refractivity contribution in [3.8, 4) is 11.5 Å². The van der Waals surface area contributed by atoms with Crippen molar-refractivity contribution >= 4 is 11.8 Å². The first kappa shape index (κ1) is 12.2. The van der Waals surface area contributed by atoms with Crippen molar-refractivity contribution in [2.24, 2.45) is 5.84 Å². The number of hydrazine groups is 1. The molecule has 0 saturated heterocycles. The molecule has 96 valence electrons. The predicted molar refractivity (Wildman–Crippen MR) is 61.7 cm³/mol. The van der Waals surface area contributed by atoms with Gasteiger partial charge in [0.25, 0.3) is 11.8 Å². The molecule has 1 unspecified atom stereocenters. The highest BCUT2D eigenvalue weighted by Crippen LogP contribution is 2.30. The average Bonchev–Trinajstić information content (AvgIpc) is 2.43. The van der Waals surface area contributed by atoms with Crippen LogP contribution in [-0.2, 0) is 9.59 Å². The van der Waals surface area contributed by atoms with Crippen LogP contribution < -0.4 is 26.1 Å². The average molecular weight is 251 g/mol. The highest BCUT2D eigenvalue weighted by molar-refractivity contribution is 5.87. The third-order valence-electron chi connectivity index (χ3n) is 2.39. The van der Waals surface area contributed by atoms with E-state index in [0.717, 1.165) is 0 Å². The summed E-state index contributed by atoms with van der Waals surface area (Å²) >= 11 is 0. The number of amides is 2. The van der Waals surface area contributed by atoms with Gasteiger partial charge < -0.3 is 14.8 Å². The summed E-state index contributed by atoms with van der Waals surface area (Å²) in [7, 11) is 0. The molecule has 0 bridgehead atoms. The van der Waals surface area contributed by atoms with Gasteiger partial charge in [-0.05, 0) is 12.1 Å². The molecule has 4 N–H and O–H groups in total. The number of benzene rings is 1. The van der Waals surface area contributed by atoms with Gasteiger partial charge in [0.2, 0.25) is 6.10 Å². The second kappa shape index (κ2) is 5.37. The maximum absolute atomic E-state index is 11.7. The minimum Gasteiger partial charge on any atom is -0.485 e. The Labute approximate surface area is 103 Å². The zero-order chi connectivity index (χ0) is 13.0. The van der Waals surface area contributed by atoms with E-state index in [1.807, 2.05) is 11.5 Å². The second-order valence-electron chi connectivity index (χ2n) is 3.65. The normalized spacial score (nSPS) is 16.8. The first-order valence-corrected chi connectivity index (χ1v) is 5.36. The summed E-state index contributed by atoms with van der Waals surface area (Å²) in [5.74, 6) is 5.09. The van der Waals surface area contributed by atoms with Crippen LogP contribution in [-0.4, -0.2) is 31.1 Å². The second-order valence-corrected chi connectivity index (χ2v) is 3.65. The topological polar surface area (TPSA) is 103 Å². The lowest BCUT2D eigenvalue weighted by molar-refractivity contribution is -0.132. The number of carbonyl (C=O) groups is 2. The highest BCUT2D eigenvalue weighted by Gasteiger charge is 2.27. The molecular weight excluding hydrogens is 238 g/mol. The van der Waals surface area contributed by atoms with E-state index in [1.165, 1.54) is 0 Å². The number of nitrogens with two attached hydrogens (primary N) is 1. The van der Waals surface area contributed by atoms with Crippen LogP contribution in [0.1, 0.15) is 0 Å². The van der Waals surface area contributed by atoms with Gasteiger partial charge in [0.15, 0.2) is 11.5 Å². The van der Waals surface area contributed by atoms with Crippen LogP contribution in [0.2, 0.25) is 0 Å². The Morgan fingerprint density at radius 3 is 2.78 bits per heavy atom. The van der Waals surface area contributed by atoms with Crippen LogP contribution >= 0.6 is 0 Å². The van der Waals surface area contributed by atoms with Crippen molar-refractivity contribution in [2.45, 2.75) is 6.10 Å². The molecule has 2 rings (SSSR count). The lowest BCUT2D eigenvalue weighted by Gasteiger charge is -2.25. The number of carbonyl (C=O) groups excluding carboxylic acids is 2. The third kappa shape index (κ3) is 2.69. The standard InChI is InChI=1S/C11H13N3O4/c12-14-10(15)5-13-11(16)9-6-17-7-3-1-2-4-8(7)18-9/h1-4,9H,5-6,12H2,(H,13,16)(H,14,15). The van der Waals surface area contributed by atoms with Crippen LogP contribution in [0.4, 0.5) is 0 Å². The fraction of sp³-hybridized carbons (Fsp3) is 0.273. The van der Waals surface area contributed by atoms with Gasteiger partial charge in [-0.25, -0.2) is 5.84 Å². The number of para-hydroxylation sites is 2. The molecule has 1 aliphatic rings. The van der Waals surface area contributed by atoms with Crippen molar-refractivity contribution in [1.82, 2.24) is 10.7 Å². The largest absolute Gasteiger partial charge is 0.485 e. The summed E-state index contributed by atoms with van der Waals surface area (Å²) in [5, 5.41) is 2.40. The van der Waals surface area contributed by atoms with Crippen LogP contribution in [0.15, 0.2) is 24.3 Å². The number of nitrogens with one attached hydrogen (secondary N) is 2. The van der Waals surface area contributed by atoms with Crippen molar-refractivity contribution < 1.29 is 19.1 Å². The van der Waals surface area contributed by atoms with Gasteiger partial charge in [-0.1, -0.05) is 12.1 Å². The molecule has 1 heterocycles. The Morgan fingerprint density at radius 1 is 1.33 bits per heavy atom. The third-order valence-corrected chi connectivity index (χ3v) is 2.39. The smallest absolute Gasteiger partial charge is 0.265 e. The van der Waals surface area contributed by atoms with E-state index in [1.54, 1.807) is 18.2 Å². The highest BCUT2D eigenvalue weighted by atomic mass is 16.6. The molecule has 1 aliphatic heterocycles. The minimum atomic E-state index is -0.773. The molecule has 0 saturated carbocycles. The Bertz CT molecular complexity index is 463. The summed E-state index contributed by atoms with van der Waals surface area (Å²) in [6.07, 6.45) is -0.773. The maximum atomic E-state index is 11.7. The molecule has 1 aromatic rings. The molecule has 1 aromatic carbocycles. The Hall–Kier alpha value is -2.28. The quantitative estimate of drug-likeness (QED) is 0.361. The van der Waals surface area contributed by atoms with Crippen molar-refractivity contribution in [3.05, 3.63) is 24.3 Å². The van der Waals surface area contributed by atoms with Crippen molar-refractivity contribution in [1.29, 1.82) is 0 Å². The van der Waals surface area contributed by atoms with Gasteiger partial charge in [-0.3, -0.25) is 15.0 Å². The molecule has 0 aliphatic carbocycles. The zero-order valence-corrected chi connectivity index (χ0v) is 9.51. The molecule has 0 aromatic heterocycles. The minimum absolute atomic E-state index is 0.104. The number of fused-ring (bicyclic) bond motifs is 1. The monoisotopic (exact) mass is 251 g/mol. The van der Waals surface area contributed by atoms with Crippen LogP contribution in [0.25, 0.3) is 0 Å². The van der Waals surface area contributed by atoms with Crippen LogP contribution in [0.3, 0.4) is 0 Å². The zero-order valence-electron chi connectivity index (χ0n) is 9.51. The lowest BCUT2D eigenvalue weighted by Crippen LogP contribution is -2.47. The van der Waals surface area contributed by atoms with Gasteiger partial charge >= 0.3 is 0 Å². The van der Waals surface area contributed by atoms with Crippen LogP contribution in [0.5, 0.6) is 11.5 Å². The van der Waals surface area contributed by atoms with E-state index in [9.17, 15) is 9.59 Å².